The van der Waals surface area contributed by atoms with Gasteiger partial charge in [0.2, 0.25) is 0 Å². The summed E-state index contributed by atoms with van der Waals surface area (Å²) in [6.07, 6.45) is 0.104. The van der Waals surface area contributed by atoms with E-state index in [0.29, 0.717) is 0 Å². The lowest BCUT2D eigenvalue weighted by molar-refractivity contribution is 0.213. The molecule has 4 heteroatoms. The molecule has 0 saturated carbocycles. The van der Waals surface area contributed by atoms with Crippen LogP contribution in [0.15, 0.2) is 5.10 Å². The number of nitrogens with one attached hydrogen (secondary N) is 1. The fraction of sp³-hybridized carbons (Fsp3) is 0.667. The molecule has 1 aliphatic rings. The molecule has 0 aromatic heterocycles. The first-order chi connectivity index (χ1) is 3.29. The maximum atomic E-state index is 5.06. The molecule has 0 amide bonds. The first kappa shape index (κ1) is 4.95. The Balaban J connectivity index is 2.42. The molecule has 1 aliphatic heterocycles. The van der Waals surface area contributed by atoms with Gasteiger partial charge in [-0.05, 0) is 6.92 Å². The molecule has 1 N–H and O–H groups in total. The van der Waals surface area contributed by atoms with Crippen LogP contribution in [0.4, 0.5) is 0 Å². The van der Waals surface area contributed by atoms with E-state index in [1.807, 2.05) is 6.92 Å². The van der Waals surface area contributed by atoms with E-state index in [1.54, 1.807) is 0 Å². The highest BCUT2D eigenvalue weighted by Crippen LogP contribution is 1.92. The molecule has 0 spiro atoms. The zero-order chi connectivity index (χ0) is 5.28. The maximum absolute atomic E-state index is 5.06. The van der Waals surface area contributed by atoms with Crippen LogP contribution in [0.1, 0.15) is 6.92 Å². The normalized spacial score (nSPS) is 28.1. The van der Waals surface area contributed by atoms with E-state index in [2.05, 4.69) is 10.5 Å². The van der Waals surface area contributed by atoms with Crippen LogP contribution in [0, 0.1) is 0 Å². The summed E-state index contributed by atoms with van der Waals surface area (Å²) in [6, 6.07) is 0. The van der Waals surface area contributed by atoms with Gasteiger partial charge in [-0.3, -0.25) is 5.43 Å². The predicted octanol–water partition coefficient (Wildman–Crippen LogP) is -1.14. The second-order valence-electron chi connectivity index (χ2n) is 1.52. The molecule has 0 saturated heterocycles. The molecule has 0 fully saturated rings. The van der Waals surface area contributed by atoms with Crippen molar-refractivity contribution in [2.24, 2.45) is 5.10 Å². The topological polar surface area (TPSA) is 33.6 Å². The summed E-state index contributed by atoms with van der Waals surface area (Å²) < 4.78 is 5.92. The molecule has 1 atom stereocenters. The Hall–Kier alpha value is -0.198. The summed E-state index contributed by atoms with van der Waals surface area (Å²) in [4.78, 5) is 0. The van der Waals surface area contributed by atoms with Crippen molar-refractivity contribution in [2.75, 3.05) is 0 Å². The number of hydrazone groups is 1. The van der Waals surface area contributed by atoms with Gasteiger partial charge in [-0.2, -0.15) is 5.10 Å². The van der Waals surface area contributed by atoms with E-state index < -0.39 is 0 Å². The second-order valence-corrected chi connectivity index (χ2v) is 2.38. The smallest absolute Gasteiger partial charge is 0.353 e. The molecular weight excluding hydrogens is 107 g/mol. The van der Waals surface area contributed by atoms with E-state index in [9.17, 15) is 0 Å². The van der Waals surface area contributed by atoms with E-state index in [0.717, 1.165) is 21.0 Å². The van der Waals surface area contributed by atoms with Gasteiger partial charge in [0.15, 0.2) is 6.23 Å². The Morgan fingerprint density at radius 1 is 2.00 bits per heavy atom. The molecule has 0 radical (unpaired) electrons. The minimum absolute atomic E-state index is 0.104. The van der Waals surface area contributed by atoms with Crippen molar-refractivity contribution in [3.8, 4) is 0 Å². The standard InChI is InChI=1S/C3H5N2O.Al.2H/c1-3-5-4-2-6-3;;;/h3,5H,1H3;;;. The number of nitrogens with zero attached hydrogens (tertiary/aromatic N) is 1. The highest BCUT2D eigenvalue weighted by Gasteiger charge is 2.06. The summed E-state index contributed by atoms with van der Waals surface area (Å²) in [5, 5.41) is 3.82. The lowest BCUT2D eigenvalue weighted by Gasteiger charge is -2.00. The van der Waals surface area contributed by atoms with Crippen LogP contribution >= 0.6 is 0 Å². The minimum atomic E-state index is 0.104. The summed E-state index contributed by atoms with van der Waals surface area (Å²) >= 11 is 0.906. The van der Waals surface area contributed by atoms with Crippen molar-refractivity contribution in [3.05, 3.63) is 0 Å². The Morgan fingerprint density at radius 2 is 2.71 bits per heavy atom. The van der Waals surface area contributed by atoms with Gasteiger partial charge >= 0.3 is 16.3 Å². The molecule has 1 unspecified atom stereocenters. The fourth-order valence-corrected chi connectivity index (χ4v) is 0.973. The van der Waals surface area contributed by atoms with Crippen molar-refractivity contribution in [2.45, 2.75) is 13.2 Å². The third kappa shape index (κ3) is 1.08. The Kier molecular flexibility index (Phi) is 1.22. The Labute approximate surface area is 50.2 Å². The van der Waals surface area contributed by atoms with E-state index in [4.69, 9.17) is 4.74 Å². The Bertz CT molecular complexity index is 103. The van der Waals surface area contributed by atoms with Crippen molar-refractivity contribution < 1.29 is 4.74 Å². The van der Waals surface area contributed by atoms with Crippen LogP contribution < -0.4 is 5.43 Å². The number of hydrogen-bond donors (Lipinski definition) is 1. The van der Waals surface area contributed by atoms with Gasteiger partial charge in [-0.15, -0.1) is 0 Å². The van der Waals surface area contributed by atoms with Crippen molar-refractivity contribution in [1.29, 1.82) is 0 Å². The summed E-state index contributed by atoms with van der Waals surface area (Å²) in [7, 11) is 0. The van der Waals surface area contributed by atoms with Gasteiger partial charge in [0.25, 0.3) is 0 Å². The van der Waals surface area contributed by atoms with Crippen molar-refractivity contribution in [1.82, 2.24) is 5.43 Å². The third-order valence-corrected chi connectivity index (χ3v) is 1.21. The molecule has 3 nitrogen and oxygen atoms in total. The van der Waals surface area contributed by atoms with Crippen LogP contribution in [-0.2, 0) is 4.74 Å². The zero-order valence-corrected chi connectivity index (χ0v) is 6.43. The first-order valence-corrected chi connectivity index (χ1v) is 3.25. The quantitative estimate of drug-likeness (QED) is 0.404. The molecule has 0 aliphatic carbocycles. The molecule has 1 heterocycles. The molecule has 0 aromatic rings. The van der Waals surface area contributed by atoms with E-state index in [-0.39, 0.29) is 6.23 Å². The lowest BCUT2D eigenvalue weighted by atomic mass is 10.7. The highest BCUT2D eigenvalue weighted by atomic mass is 27.0. The Morgan fingerprint density at radius 3 is 2.86 bits per heavy atom. The fourth-order valence-electron chi connectivity index (χ4n) is 0.490. The van der Waals surface area contributed by atoms with Crippen LogP contribution in [0.5, 0.6) is 0 Å². The molecule has 1 rings (SSSR count). The van der Waals surface area contributed by atoms with Crippen LogP contribution in [0.3, 0.4) is 0 Å². The van der Waals surface area contributed by atoms with Gasteiger partial charge in [-0.25, -0.2) is 0 Å². The monoisotopic (exact) mass is 114 g/mol. The second kappa shape index (κ2) is 1.73. The minimum Gasteiger partial charge on any atom is -0.474 e. The summed E-state index contributed by atoms with van der Waals surface area (Å²) in [5.41, 5.74) is 2.77. The predicted molar refractivity (Wildman–Crippen MR) is 29.7 cm³/mol. The summed E-state index contributed by atoms with van der Waals surface area (Å²) in [6.45, 7) is 1.92. The average Bonchev–Trinajstić information content (AvgIpc) is 1.87. The van der Waals surface area contributed by atoms with Crippen molar-refractivity contribution >= 4 is 21.0 Å². The van der Waals surface area contributed by atoms with Crippen LogP contribution in [-0.4, -0.2) is 27.3 Å². The lowest BCUT2D eigenvalue weighted by Crippen LogP contribution is -2.16. The number of ether oxygens (including phenoxy) is 1. The van der Waals surface area contributed by atoms with Crippen molar-refractivity contribution in [3.63, 3.8) is 0 Å². The van der Waals surface area contributed by atoms with Crippen LogP contribution in [0.25, 0.3) is 0 Å². The molecule has 38 valence electrons. The van der Waals surface area contributed by atoms with Gasteiger partial charge in [0.05, 0.1) is 0 Å². The van der Waals surface area contributed by atoms with Gasteiger partial charge in [0, 0.05) is 0 Å². The molecular formula is C3H7AlN2O. The number of rotatable bonds is 0. The van der Waals surface area contributed by atoms with Gasteiger partial charge in [-0.1, -0.05) is 0 Å². The maximum Gasteiger partial charge on any atom is 0.353 e. The largest absolute Gasteiger partial charge is 0.474 e. The van der Waals surface area contributed by atoms with E-state index >= 15 is 0 Å². The third-order valence-electron chi connectivity index (χ3n) is 0.751. The molecule has 0 bridgehead atoms. The van der Waals surface area contributed by atoms with Gasteiger partial charge < -0.3 is 4.74 Å². The first-order valence-electron chi connectivity index (χ1n) is 2.25. The SMILES string of the molecule is CC1NN=[C]([AlH2])O1. The molecule has 7 heavy (non-hydrogen) atoms. The zero-order valence-electron chi connectivity index (χ0n) is 4.43. The average molecular weight is 114 g/mol. The van der Waals surface area contributed by atoms with Gasteiger partial charge in [0.1, 0.15) is 4.76 Å². The highest BCUT2D eigenvalue weighted by molar-refractivity contribution is 6.57. The number of hydrogen-bond acceptors (Lipinski definition) is 3. The molecule has 0 aromatic carbocycles. The van der Waals surface area contributed by atoms with E-state index in [1.165, 1.54) is 0 Å². The van der Waals surface area contributed by atoms with Crippen LogP contribution in [0.2, 0.25) is 0 Å². The summed E-state index contributed by atoms with van der Waals surface area (Å²) in [5.74, 6) is 0.